The highest BCUT2D eigenvalue weighted by Crippen LogP contribution is 2.33. The molecule has 0 atom stereocenters. The molecule has 7 heteroatoms. The van der Waals surface area contributed by atoms with Gasteiger partial charge in [-0.1, -0.05) is 198 Å². The van der Waals surface area contributed by atoms with Crippen molar-refractivity contribution in [3.05, 3.63) is 162 Å². The van der Waals surface area contributed by atoms with Crippen molar-refractivity contribution in [3.63, 3.8) is 0 Å². The molecule has 0 saturated carbocycles. The SMILES string of the molecule is CC(C)(C)c1ccc(-c2nc(-c3ccc(C(C)(C)C)cc3)nc(-c3ccc(-c4cccc(-c5nc(-c6ccc(C(C)(C)C)cc6)nc(-c6ccc(C(C)(C)C)cc6)n5)c4)nc3)n2)cc1. The highest BCUT2D eigenvalue weighted by Gasteiger charge is 2.20. The highest BCUT2D eigenvalue weighted by atomic mass is 15.0. The molecule has 0 N–H and O–H groups in total. The minimum Gasteiger partial charge on any atom is -0.255 e. The van der Waals surface area contributed by atoms with Gasteiger partial charge in [0.25, 0.3) is 0 Å². The van der Waals surface area contributed by atoms with Crippen LogP contribution < -0.4 is 0 Å². The Bertz CT molecular complexity index is 2750. The van der Waals surface area contributed by atoms with E-state index in [1.54, 1.807) is 0 Å². The first-order valence-corrected chi connectivity index (χ1v) is 22.2. The van der Waals surface area contributed by atoms with Gasteiger partial charge in [0.1, 0.15) is 0 Å². The van der Waals surface area contributed by atoms with Gasteiger partial charge in [-0.15, -0.1) is 0 Å². The largest absolute Gasteiger partial charge is 0.255 e. The summed E-state index contributed by atoms with van der Waals surface area (Å²) in [6, 6.07) is 46.4. The van der Waals surface area contributed by atoms with Crippen molar-refractivity contribution >= 4 is 0 Å². The lowest BCUT2D eigenvalue weighted by molar-refractivity contribution is 0.590. The van der Waals surface area contributed by atoms with E-state index in [4.69, 9.17) is 34.9 Å². The molecule has 0 spiro atoms. The molecule has 0 fully saturated rings. The van der Waals surface area contributed by atoms with Crippen LogP contribution in [0.3, 0.4) is 0 Å². The summed E-state index contributed by atoms with van der Waals surface area (Å²) in [5.74, 6) is 3.63. The van der Waals surface area contributed by atoms with Crippen LogP contribution in [0.1, 0.15) is 105 Å². The van der Waals surface area contributed by atoms with E-state index in [9.17, 15) is 0 Å². The number of nitrogens with zero attached hydrogens (tertiary/aromatic N) is 7. The smallest absolute Gasteiger partial charge is 0.165 e. The molecule has 0 bridgehead atoms. The highest BCUT2D eigenvalue weighted by molar-refractivity contribution is 5.73. The maximum absolute atomic E-state index is 5.07. The predicted molar refractivity (Wildman–Crippen MR) is 264 cm³/mol. The predicted octanol–water partition coefficient (Wildman–Crippen LogP) is 14.3. The molecule has 0 amide bonds. The molecule has 0 saturated heterocycles. The van der Waals surface area contributed by atoms with Crippen molar-refractivity contribution in [3.8, 4) is 79.6 Å². The lowest BCUT2D eigenvalue weighted by Gasteiger charge is -2.19. The molecule has 8 aromatic rings. The summed E-state index contributed by atoms with van der Waals surface area (Å²) in [7, 11) is 0. The van der Waals surface area contributed by atoms with E-state index < -0.39 is 0 Å². The first kappa shape index (κ1) is 43.9. The first-order valence-electron chi connectivity index (χ1n) is 22.2. The van der Waals surface area contributed by atoms with Gasteiger partial charge >= 0.3 is 0 Å². The molecule has 322 valence electrons. The molecule has 64 heavy (non-hydrogen) atoms. The lowest BCUT2D eigenvalue weighted by Crippen LogP contribution is -2.10. The maximum atomic E-state index is 5.07. The molecule has 0 radical (unpaired) electrons. The Kier molecular flexibility index (Phi) is 11.5. The van der Waals surface area contributed by atoms with Gasteiger partial charge in [-0.05, 0) is 62.1 Å². The Morgan fingerprint density at radius 1 is 0.266 bits per heavy atom. The number of hydrogen-bond acceptors (Lipinski definition) is 7. The first-order chi connectivity index (χ1) is 30.2. The van der Waals surface area contributed by atoms with Crippen molar-refractivity contribution in [2.45, 2.75) is 105 Å². The van der Waals surface area contributed by atoms with Crippen molar-refractivity contribution in [1.29, 1.82) is 0 Å². The zero-order valence-corrected chi connectivity index (χ0v) is 39.4. The number of benzene rings is 5. The second kappa shape index (κ2) is 16.8. The Morgan fingerprint density at radius 2 is 0.531 bits per heavy atom. The average Bonchev–Trinajstić information content (AvgIpc) is 3.28. The zero-order chi connectivity index (χ0) is 45.6. The van der Waals surface area contributed by atoms with Crippen LogP contribution in [-0.2, 0) is 21.7 Å². The third-order valence-corrected chi connectivity index (χ3v) is 11.7. The van der Waals surface area contributed by atoms with Gasteiger partial charge in [0.15, 0.2) is 34.9 Å². The van der Waals surface area contributed by atoms with Gasteiger partial charge in [-0.3, -0.25) is 4.98 Å². The summed E-state index contributed by atoms with van der Waals surface area (Å²) in [6.07, 6.45) is 1.85. The van der Waals surface area contributed by atoms with Gasteiger partial charge in [-0.25, -0.2) is 29.9 Å². The van der Waals surface area contributed by atoms with Gasteiger partial charge < -0.3 is 0 Å². The lowest BCUT2D eigenvalue weighted by atomic mass is 9.86. The fourth-order valence-corrected chi connectivity index (χ4v) is 7.52. The summed E-state index contributed by atoms with van der Waals surface area (Å²) >= 11 is 0. The second-order valence-corrected chi connectivity index (χ2v) is 20.9. The third kappa shape index (κ3) is 9.74. The van der Waals surface area contributed by atoms with E-state index in [2.05, 4.69) is 192 Å². The molecule has 0 aliphatic heterocycles. The molecule has 3 heterocycles. The fourth-order valence-electron chi connectivity index (χ4n) is 7.52. The van der Waals surface area contributed by atoms with Crippen LogP contribution in [0.15, 0.2) is 140 Å². The Morgan fingerprint density at radius 3 is 0.812 bits per heavy atom. The van der Waals surface area contributed by atoms with Crippen LogP contribution in [0, 0.1) is 0 Å². The quantitative estimate of drug-likeness (QED) is 0.158. The Balaban J connectivity index is 1.16. The van der Waals surface area contributed by atoms with Crippen LogP contribution in [0.2, 0.25) is 0 Å². The standard InChI is InChI=1S/C57H59N7/c1-54(2,3)43-25-16-36(17-26-43)48-59-49(37-18-27-44(28-19-37)55(4,5)6)62-52(61-48)41-15-13-14-40(34-41)47-33-24-42(35-58-47)53-63-50(38-20-29-45(30-21-38)56(7,8)9)60-51(64-53)39-22-31-46(32-23-39)57(10,11)12/h13-35H,1-12H3. The molecular weight excluding hydrogens is 783 g/mol. The number of aromatic nitrogens is 7. The van der Waals surface area contributed by atoms with Gasteiger partial charge in [-0.2, -0.15) is 0 Å². The van der Waals surface area contributed by atoms with E-state index in [1.807, 2.05) is 30.5 Å². The van der Waals surface area contributed by atoms with Gasteiger partial charge in [0, 0.05) is 45.1 Å². The molecule has 5 aromatic carbocycles. The third-order valence-electron chi connectivity index (χ3n) is 11.7. The summed E-state index contributed by atoms with van der Waals surface area (Å²) in [5.41, 5.74) is 12.3. The van der Waals surface area contributed by atoms with E-state index in [0.717, 1.165) is 44.6 Å². The molecule has 0 aliphatic rings. The van der Waals surface area contributed by atoms with E-state index in [-0.39, 0.29) is 21.7 Å². The van der Waals surface area contributed by atoms with Crippen molar-refractivity contribution in [2.75, 3.05) is 0 Å². The second-order valence-electron chi connectivity index (χ2n) is 20.9. The minimum absolute atomic E-state index is 0.0322. The van der Waals surface area contributed by atoms with E-state index in [1.165, 1.54) is 22.3 Å². The zero-order valence-electron chi connectivity index (χ0n) is 39.4. The summed E-state index contributed by atoms with van der Waals surface area (Å²) in [4.78, 5) is 35.2. The number of pyridine rings is 1. The Labute approximate surface area is 379 Å². The normalized spacial score (nSPS) is 12.4. The average molecular weight is 842 g/mol. The topological polar surface area (TPSA) is 90.2 Å². The minimum atomic E-state index is 0.0322. The molecule has 0 aliphatic carbocycles. The maximum Gasteiger partial charge on any atom is 0.165 e. The molecular formula is C57H59N7. The van der Waals surface area contributed by atoms with Crippen molar-refractivity contribution in [2.24, 2.45) is 0 Å². The van der Waals surface area contributed by atoms with Crippen molar-refractivity contribution in [1.82, 2.24) is 34.9 Å². The van der Waals surface area contributed by atoms with E-state index >= 15 is 0 Å². The van der Waals surface area contributed by atoms with Crippen LogP contribution in [-0.4, -0.2) is 34.9 Å². The van der Waals surface area contributed by atoms with Crippen LogP contribution in [0.5, 0.6) is 0 Å². The fraction of sp³-hybridized carbons (Fsp3) is 0.281. The molecule has 3 aromatic heterocycles. The van der Waals surface area contributed by atoms with Gasteiger partial charge in [0.2, 0.25) is 0 Å². The monoisotopic (exact) mass is 841 g/mol. The van der Waals surface area contributed by atoms with Crippen molar-refractivity contribution < 1.29 is 0 Å². The van der Waals surface area contributed by atoms with Gasteiger partial charge in [0.05, 0.1) is 5.69 Å². The molecule has 7 nitrogen and oxygen atoms in total. The summed E-state index contributed by atoms with van der Waals surface area (Å²) in [5, 5.41) is 0. The Hall–Kier alpha value is -6.73. The molecule has 8 rings (SSSR count). The van der Waals surface area contributed by atoms with E-state index in [0.29, 0.717) is 34.9 Å². The summed E-state index contributed by atoms with van der Waals surface area (Å²) in [6.45, 7) is 26.6. The van der Waals surface area contributed by atoms with Crippen LogP contribution in [0.4, 0.5) is 0 Å². The van der Waals surface area contributed by atoms with Crippen LogP contribution in [0.25, 0.3) is 79.6 Å². The number of rotatable bonds is 7. The number of hydrogen-bond donors (Lipinski definition) is 0. The molecule has 0 unspecified atom stereocenters. The summed E-state index contributed by atoms with van der Waals surface area (Å²) < 4.78 is 0. The van der Waals surface area contributed by atoms with Crippen LogP contribution >= 0.6 is 0 Å².